The van der Waals surface area contributed by atoms with Crippen LogP contribution in [0.3, 0.4) is 0 Å². The second-order valence-corrected chi connectivity index (χ2v) is 7.42. The molecule has 1 aromatic rings. The highest BCUT2D eigenvalue weighted by atomic mass is 15.1. The van der Waals surface area contributed by atoms with Gasteiger partial charge in [-0.25, -0.2) is 4.98 Å². The summed E-state index contributed by atoms with van der Waals surface area (Å²) in [5.74, 6) is 1.72. The molecule has 3 rings (SSSR count). The van der Waals surface area contributed by atoms with E-state index in [1.807, 2.05) is 0 Å². The molecule has 1 N–H and O–H groups in total. The van der Waals surface area contributed by atoms with Gasteiger partial charge in [0.1, 0.15) is 0 Å². The molecule has 1 saturated carbocycles. The zero-order valence-corrected chi connectivity index (χ0v) is 13.2. The van der Waals surface area contributed by atoms with Crippen molar-refractivity contribution >= 4 is 0 Å². The Labute approximate surface area is 123 Å². The van der Waals surface area contributed by atoms with E-state index in [-0.39, 0.29) is 0 Å². The van der Waals surface area contributed by atoms with Gasteiger partial charge in [0.2, 0.25) is 0 Å². The fourth-order valence-electron chi connectivity index (χ4n) is 4.07. The number of imidazole rings is 1. The van der Waals surface area contributed by atoms with Crippen molar-refractivity contribution in [3.8, 4) is 0 Å². The van der Waals surface area contributed by atoms with Crippen LogP contribution in [0.25, 0.3) is 0 Å². The zero-order valence-electron chi connectivity index (χ0n) is 13.2. The Kier molecular flexibility index (Phi) is 3.89. The largest absolute Gasteiger partial charge is 0.331 e. The summed E-state index contributed by atoms with van der Waals surface area (Å²) in [6, 6.07) is 0.672. The molecule has 1 saturated heterocycles. The van der Waals surface area contributed by atoms with E-state index in [9.17, 15) is 0 Å². The van der Waals surface area contributed by atoms with Crippen molar-refractivity contribution in [2.75, 3.05) is 13.1 Å². The van der Waals surface area contributed by atoms with E-state index in [1.54, 1.807) is 0 Å². The molecule has 1 aromatic heterocycles. The molecule has 2 aliphatic rings. The van der Waals surface area contributed by atoms with Crippen LogP contribution in [0.15, 0.2) is 12.5 Å². The van der Waals surface area contributed by atoms with Gasteiger partial charge in [0.05, 0.1) is 6.33 Å². The van der Waals surface area contributed by atoms with Gasteiger partial charge in [0.25, 0.3) is 0 Å². The lowest BCUT2D eigenvalue weighted by molar-refractivity contribution is 0.200. The summed E-state index contributed by atoms with van der Waals surface area (Å²) in [5.41, 5.74) is 1.79. The van der Waals surface area contributed by atoms with Crippen LogP contribution < -0.4 is 5.32 Å². The standard InChI is InChI=1S/C17H29N3/c1-13-4-5-15(10-14(13)2)20-12-19-11-16(20)17(3)6-8-18-9-7-17/h11-15,18H,4-10H2,1-3H3. The van der Waals surface area contributed by atoms with Crippen LogP contribution in [0.4, 0.5) is 0 Å². The Morgan fingerprint density at radius 3 is 2.65 bits per heavy atom. The number of hydrogen-bond acceptors (Lipinski definition) is 2. The van der Waals surface area contributed by atoms with Crippen LogP contribution in [0.2, 0.25) is 0 Å². The second-order valence-electron chi connectivity index (χ2n) is 7.42. The van der Waals surface area contributed by atoms with E-state index >= 15 is 0 Å². The third-order valence-electron chi connectivity index (χ3n) is 5.96. The van der Waals surface area contributed by atoms with E-state index in [1.165, 1.54) is 37.8 Å². The molecule has 0 aromatic carbocycles. The summed E-state index contributed by atoms with van der Waals surface area (Å²) in [5, 5.41) is 3.48. The quantitative estimate of drug-likeness (QED) is 0.895. The number of hydrogen-bond donors (Lipinski definition) is 1. The van der Waals surface area contributed by atoms with E-state index in [0.29, 0.717) is 11.5 Å². The molecule has 1 aliphatic carbocycles. The Morgan fingerprint density at radius 2 is 1.95 bits per heavy atom. The van der Waals surface area contributed by atoms with Crippen LogP contribution in [0.1, 0.15) is 64.6 Å². The van der Waals surface area contributed by atoms with E-state index in [2.05, 4.69) is 48.2 Å². The first kappa shape index (κ1) is 14.1. The molecule has 0 amide bonds. The number of aromatic nitrogens is 2. The van der Waals surface area contributed by atoms with Gasteiger partial charge in [0.15, 0.2) is 0 Å². The van der Waals surface area contributed by atoms with Crippen LogP contribution in [0.5, 0.6) is 0 Å². The van der Waals surface area contributed by atoms with Crippen molar-refractivity contribution in [3.05, 3.63) is 18.2 Å². The molecule has 2 fully saturated rings. The maximum atomic E-state index is 4.50. The second kappa shape index (κ2) is 5.51. The predicted octanol–water partition coefficient (Wildman–Crippen LogP) is 3.52. The molecule has 0 spiro atoms. The summed E-state index contributed by atoms with van der Waals surface area (Å²) in [6.07, 6.45) is 10.7. The average Bonchev–Trinajstić information content (AvgIpc) is 2.93. The lowest BCUT2D eigenvalue weighted by atomic mass is 9.76. The molecule has 3 unspecified atom stereocenters. The molecule has 112 valence electrons. The van der Waals surface area contributed by atoms with E-state index < -0.39 is 0 Å². The zero-order chi connectivity index (χ0) is 14.2. The van der Waals surface area contributed by atoms with Gasteiger partial charge in [-0.05, 0) is 57.0 Å². The smallest absolute Gasteiger partial charge is 0.0950 e. The van der Waals surface area contributed by atoms with Gasteiger partial charge in [0, 0.05) is 23.3 Å². The Bertz CT molecular complexity index is 445. The third kappa shape index (κ3) is 2.52. The lowest BCUT2D eigenvalue weighted by Gasteiger charge is -2.39. The fraction of sp³-hybridized carbons (Fsp3) is 0.824. The number of nitrogens with zero attached hydrogens (tertiary/aromatic N) is 2. The van der Waals surface area contributed by atoms with Crippen molar-refractivity contribution in [2.45, 2.75) is 64.3 Å². The molecule has 3 heteroatoms. The van der Waals surface area contributed by atoms with Crippen LogP contribution in [0, 0.1) is 11.8 Å². The summed E-state index contributed by atoms with van der Waals surface area (Å²) in [4.78, 5) is 4.50. The first-order valence-electron chi connectivity index (χ1n) is 8.33. The monoisotopic (exact) mass is 275 g/mol. The summed E-state index contributed by atoms with van der Waals surface area (Å²) >= 11 is 0. The van der Waals surface area contributed by atoms with Crippen molar-refractivity contribution in [1.29, 1.82) is 0 Å². The summed E-state index contributed by atoms with van der Waals surface area (Å²) in [6.45, 7) is 9.53. The third-order valence-corrected chi connectivity index (χ3v) is 5.96. The minimum atomic E-state index is 0.314. The van der Waals surface area contributed by atoms with Gasteiger partial charge in [-0.15, -0.1) is 0 Å². The van der Waals surface area contributed by atoms with E-state index in [0.717, 1.165) is 24.9 Å². The van der Waals surface area contributed by atoms with Crippen molar-refractivity contribution in [2.24, 2.45) is 11.8 Å². The van der Waals surface area contributed by atoms with Gasteiger partial charge >= 0.3 is 0 Å². The maximum absolute atomic E-state index is 4.50. The van der Waals surface area contributed by atoms with Gasteiger partial charge in [-0.2, -0.15) is 0 Å². The molecule has 0 bridgehead atoms. The van der Waals surface area contributed by atoms with E-state index in [4.69, 9.17) is 0 Å². The molecule has 3 atom stereocenters. The Hall–Kier alpha value is -0.830. The average molecular weight is 275 g/mol. The van der Waals surface area contributed by atoms with Crippen molar-refractivity contribution < 1.29 is 0 Å². The summed E-state index contributed by atoms with van der Waals surface area (Å²) < 4.78 is 2.52. The molecule has 2 heterocycles. The Morgan fingerprint density at radius 1 is 1.20 bits per heavy atom. The van der Waals surface area contributed by atoms with Gasteiger partial charge in [-0.3, -0.25) is 0 Å². The van der Waals surface area contributed by atoms with Crippen LogP contribution in [-0.4, -0.2) is 22.6 Å². The first-order chi connectivity index (χ1) is 9.60. The highest BCUT2D eigenvalue weighted by Gasteiger charge is 2.34. The molecule has 3 nitrogen and oxygen atoms in total. The van der Waals surface area contributed by atoms with Crippen molar-refractivity contribution in [1.82, 2.24) is 14.9 Å². The normalized spacial score (nSPS) is 34.0. The Balaban J connectivity index is 1.83. The van der Waals surface area contributed by atoms with Gasteiger partial charge in [-0.1, -0.05) is 20.8 Å². The molecule has 20 heavy (non-hydrogen) atoms. The first-order valence-corrected chi connectivity index (χ1v) is 8.33. The lowest BCUT2D eigenvalue weighted by Crippen LogP contribution is -2.39. The molecular formula is C17H29N3. The van der Waals surface area contributed by atoms with Crippen LogP contribution >= 0.6 is 0 Å². The minimum Gasteiger partial charge on any atom is -0.331 e. The highest BCUT2D eigenvalue weighted by Crippen LogP contribution is 2.40. The van der Waals surface area contributed by atoms with Gasteiger partial charge < -0.3 is 9.88 Å². The van der Waals surface area contributed by atoms with Crippen LogP contribution in [-0.2, 0) is 5.41 Å². The highest BCUT2D eigenvalue weighted by molar-refractivity contribution is 5.16. The summed E-state index contributed by atoms with van der Waals surface area (Å²) in [7, 11) is 0. The molecule has 1 aliphatic heterocycles. The number of rotatable bonds is 2. The maximum Gasteiger partial charge on any atom is 0.0950 e. The number of piperidine rings is 1. The van der Waals surface area contributed by atoms with Crippen molar-refractivity contribution in [3.63, 3.8) is 0 Å². The fourth-order valence-corrected chi connectivity index (χ4v) is 4.07. The minimum absolute atomic E-state index is 0.314. The molecule has 0 radical (unpaired) electrons. The molecular weight excluding hydrogens is 246 g/mol. The topological polar surface area (TPSA) is 29.9 Å². The SMILES string of the molecule is CC1CCC(n2cncc2C2(C)CCNCC2)CC1C. The predicted molar refractivity (Wildman–Crippen MR) is 82.9 cm³/mol. The number of nitrogens with one attached hydrogen (secondary N) is 1.